The number of carbonyl (C=O) groups excluding carboxylic acids is 1. The second-order valence-corrected chi connectivity index (χ2v) is 11.4. The number of nitrogens with one attached hydrogen (secondary N) is 1. The number of carbonyl (C=O) groups is 1. The van der Waals surface area contributed by atoms with Crippen LogP contribution in [-0.4, -0.2) is 58.8 Å². The van der Waals surface area contributed by atoms with Crippen LogP contribution in [0, 0.1) is 6.92 Å². The molecule has 14 heteroatoms. The molecule has 0 bridgehead atoms. The maximum atomic E-state index is 11.0. The summed E-state index contributed by atoms with van der Waals surface area (Å²) in [6, 6.07) is 14.9. The van der Waals surface area contributed by atoms with Gasteiger partial charge in [0, 0.05) is 28.3 Å². The Labute approximate surface area is 261 Å². The minimum absolute atomic E-state index is 0. The topological polar surface area (TPSA) is 137 Å². The van der Waals surface area contributed by atoms with Crippen LogP contribution >= 0.6 is 51.3 Å². The van der Waals surface area contributed by atoms with Gasteiger partial charge in [0.1, 0.15) is 28.9 Å². The quantitative estimate of drug-likeness (QED) is 0.258. The molecule has 1 unspecified atom stereocenters. The second-order valence-electron chi connectivity index (χ2n) is 8.54. The monoisotopic (exact) mass is 682 g/mol. The lowest BCUT2D eigenvalue weighted by molar-refractivity contribution is -0.120. The molecule has 0 fully saturated rings. The van der Waals surface area contributed by atoms with E-state index >= 15 is 0 Å². The van der Waals surface area contributed by atoms with Crippen molar-refractivity contribution in [1.82, 2.24) is 20.1 Å². The molecule has 0 spiro atoms. The number of amides is 1. The smallest absolute Gasteiger partial charge is 0.233 e. The molecule has 4 N–H and O–H groups in total. The number of rotatable bonds is 7. The summed E-state index contributed by atoms with van der Waals surface area (Å²) in [4.78, 5) is 15.8. The van der Waals surface area contributed by atoms with Crippen LogP contribution in [0.2, 0.25) is 5.02 Å². The molecule has 2 aromatic carbocycles. The van der Waals surface area contributed by atoms with E-state index in [1.54, 1.807) is 29.5 Å². The number of aromatic nitrogens is 3. The number of nitrogens with two attached hydrogens (primary N) is 1. The fourth-order valence-electron chi connectivity index (χ4n) is 4.07. The molecule has 0 aliphatic carbocycles. The van der Waals surface area contributed by atoms with Gasteiger partial charge in [-0.15, -0.1) is 33.9 Å². The van der Waals surface area contributed by atoms with Crippen molar-refractivity contribution < 1.29 is 19.4 Å². The van der Waals surface area contributed by atoms with E-state index in [2.05, 4.69) is 42.1 Å². The van der Waals surface area contributed by atoms with Crippen molar-refractivity contribution in [3.8, 4) is 16.5 Å². The lowest BCUT2D eigenvalue weighted by Gasteiger charge is -2.16. The molecule has 10 nitrogen and oxygen atoms in total. The fourth-order valence-corrected chi connectivity index (χ4v) is 5.94. The third-order valence-corrected chi connectivity index (χ3v) is 7.97. The summed E-state index contributed by atoms with van der Waals surface area (Å²) in [5.41, 5.74) is 8.59. The number of methoxy groups -OCH3 is 2. The van der Waals surface area contributed by atoms with Gasteiger partial charge in [-0.2, -0.15) is 0 Å². The molecule has 0 saturated carbocycles. The Morgan fingerprint density at radius 1 is 1.20 bits per heavy atom. The van der Waals surface area contributed by atoms with Gasteiger partial charge in [0.2, 0.25) is 5.91 Å². The van der Waals surface area contributed by atoms with Crippen LogP contribution in [0.3, 0.4) is 0 Å². The number of aliphatic imine (C=N–C) groups is 1. The maximum Gasteiger partial charge on any atom is 0.233 e. The molecule has 1 aliphatic heterocycles. The number of hydrogen-bond donors (Lipinski definition) is 3. The summed E-state index contributed by atoms with van der Waals surface area (Å²) in [6.45, 7) is 2.40. The van der Waals surface area contributed by atoms with Crippen LogP contribution in [0.15, 0.2) is 57.3 Å². The molecule has 0 radical (unpaired) electrons. The normalized spacial score (nSPS) is 12.3. The van der Waals surface area contributed by atoms with Crippen LogP contribution in [0.4, 0.5) is 0 Å². The molecule has 3 heterocycles. The molecule has 218 valence electrons. The van der Waals surface area contributed by atoms with Gasteiger partial charge in [-0.25, -0.2) is 0 Å². The van der Waals surface area contributed by atoms with Gasteiger partial charge < -0.3 is 25.6 Å². The van der Waals surface area contributed by atoms with Crippen molar-refractivity contribution in [2.45, 2.75) is 19.6 Å². The highest BCUT2D eigenvalue weighted by Crippen LogP contribution is 2.36. The number of ether oxygens (including phenoxy) is 2. The standard InChI is InChI=1S/C15H10BrClN4S.C12H18N2O4.ClH/c1-8-19-20-13-7-18-14(9-4-2-3-5-11(9)17)10-6-12(16)22-15(10)21(8)13;1-17-8-3-4-11(18-2)9(5-8)10(15)7-14-12(16)6-13;/h2-6H,7H2,1H3;3-5,10,15H,6-7,13H2,1-2H3,(H,14,16);1H. The first-order chi connectivity index (χ1) is 19.3. The summed E-state index contributed by atoms with van der Waals surface area (Å²) in [5, 5.41) is 22.7. The van der Waals surface area contributed by atoms with Crippen molar-refractivity contribution in [2.75, 3.05) is 27.3 Å². The van der Waals surface area contributed by atoms with Crippen LogP contribution in [-0.2, 0) is 11.3 Å². The summed E-state index contributed by atoms with van der Waals surface area (Å²) in [7, 11) is 3.05. The van der Waals surface area contributed by atoms with Crippen LogP contribution in [0.25, 0.3) is 5.00 Å². The third kappa shape index (κ3) is 7.45. The Kier molecular flexibility index (Phi) is 11.7. The molecule has 5 rings (SSSR count). The van der Waals surface area contributed by atoms with E-state index in [9.17, 15) is 9.90 Å². The molecule has 4 aromatic rings. The Bertz CT molecular complexity index is 1540. The highest BCUT2D eigenvalue weighted by molar-refractivity contribution is 9.11. The van der Waals surface area contributed by atoms with Crippen molar-refractivity contribution in [3.05, 3.63) is 85.7 Å². The number of hydrogen-bond acceptors (Lipinski definition) is 9. The van der Waals surface area contributed by atoms with Gasteiger partial charge in [0.25, 0.3) is 0 Å². The van der Waals surface area contributed by atoms with E-state index in [-0.39, 0.29) is 31.4 Å². The minimum Gasteiger partial charge on any atom is -0.497 e. The molecule has 41 heavy (non-hydrogen) atoms. The zero-order valence-corrected chi connectivity index (χ0v) is 26.4. The van der Waals surface area contributed by atoms with Crippen LogP contribution in [0.5, 0.6) is 11.5 Å². The highest BCUT2D eigenvalue weighted by Gasteiger charge is 2.25. The average molecular weight is 684 g/mol. The fraction of sp³-hybridized carbons (Fsp3) is 0.259. The number of nitrogens with zero attached hydrogens (tertiary/aromatic N) is 4. The number of halogens is 3. The van der Waals surface area contributed by atoms with Gasteiger partial charge in [0.05, 0.1) is 36.4 Å². The third-order valence-electron chi connectivity index (χ3n) is 6.01. The highest BCUT2D eigenvalue weighted by atomic mass is 79.9. The van der Waals surface area contributed by atoms with E-state index in [0.717, 1.165) is 37.3 Å². The Morgan fingerprint density at radius 3 is 2.63 bits per heavy atom. The maximum absolute atomic E-state index is 11.0. The van der Waals surface area contributed by atoms with Crippen molar-refractivity contribution in [2.24, 2.45) is 10.7 Å². The first-order valence-electron chi connectivity index (χ1n) is 12.1. The number of fused-ring (bicyclic) bond motifs is 3. The molecular formula is C27H29BrCl2N6O4S. The molecule has 0 saturated heterocycles. The number of aliphatic hydroxyl groups excluding tert-OH is 1. The second kappa shape index (κ2) is 14.8. The average Bonchev–Trinajstić information content (AvgIpc) is 3.49. The van der Waals surface area contributed by atoms with E-state index in [1.165, 1.54) is 14.2 Å². The number of aryl methyl sites for hydroxylation is 1. The molecule has 1 aliphatic rings. The van der Waals surface area contributed by atoms with E-state index in [0.29, 0.717) is 28.6 Å². The van der Waals surface area contributed by atoms with Gasteiger partial charge in [0.15, 0.2) is 5.82 Å². The minimum atomic E-state index is -0.884. The first-order valence-corrected chi connectivity index (χ1v) is 14.1. The van der Waals surface area contributed by atoms with Crippen molar-refractivity contribution in [1.29, 1.82) is 0 Å². The Morgan fingerprint density at radius 2 is 1.95 bits per heavy atom. The molecular weight excluding hydrogens is 655 g/mol. The van der Waals surface area contributed by atoms with E-state index in [4.69, 9.17) is 31.8 Å². The summed E-state index contributed by atoms with van der Waals surface area (Å²) < 4.78 is 13.3. The molecule has 2 aromatic heterocycles. The predicted octanol–water partition coefficient (Wildman–Crippen LogP) is 4.64. The molecule has 1 atom stereocenters. The largest absolute Gasteiger partial charge is 0.497 e. The lowest BCUT2D eigenvalue weighted by Crippen LogP contribution is -2.33. The first kappa shape index (κ1) is 32.5. The summed E-state index contributed by atoms with van der Waals surface area (Å²) in [5.74, 6) is 2.52. The van der Waals surface area contributed by atoms with E-state index in [1.807, 2.05) is 31.2 Å². The summed E-state index contributed by atoms with van der Waals surface area (Å²) in [6.07, 6.45) is -0.884. The Balaban J connectivity index is 0.000000226. The van der Waals surface area contributed by atoms with Crippen molar-refractivity contribution >= 4 is 62.9 Å². The summed E-state index contributed by atoms with van der Waals surface area (Å²) >= 11 is 11.6. The number of thiophene rings is 1. The van der Waals surface area contributed by atoms with Gasteiger partial charge >= 0.3 is 0 Å². The van der Waals surface area contributed by atoms with Gasteiger partial charge in [-0.05, 0) is 53.2 Å². The SMILES string of the molecule is COc1ccc(OC)c(C(O)CNC(=O)CN)c1.Cc1nnc2n1-c1sc(Br)cc1C(c1ccccc1Cl)=NC2.Cl. The number of benzene rings is 2. The zero-order valence-electron chi connectivity index (χ0n) is 22.4. The molecule has 1 amide bonds. The van der Waals surface area contributed by atoms with Crippen molar-refractivity contribution in [3.63, 3.8) is 0 Å². The van der Waals surface area contributed by atoms with E-state index < -0.39 is 6.10 Å². The zero-order chi connectivity index (χ0) is 28.8. The van der Waals surface area contributed by atoms with Gasteiger partial charge in [-0.3, -0.25) is 14.4 Å². The lowest BCUT2D eigenvalue weighted by atomic mass is 10.0. The number of aliphatic hydroxyl groups is 1. The van der Waals surface area contributed by atoms with Gasteiger partial charge in [-0.1, -0.05) is 29.8 Å². The van der Waals surface area contributed by atoms with Crippen LogP contribution < -0.4 is 20.5 Å². The van der Waals surface area contributed by atoms with Crippen LogP contribution in [0.1, 0.15) is 34.4 Å². The predicted molar refractivity (Wildman–Crippen MR) is 166 cm³/mol. The Hall–Kier alpha value is -3.00.